The molecular formula is C20H20BN5O3S2. The Bertz CT molecular complexity index is 1220. The zero-order valence-electron chi connectivity index (χ0n) is 17.0. The molecule has 0 amide bonds. The van der Waals surface area contributed by atoms with Crippen LogP contribution in [-0.2, 0) is 28.0 Å². The molecule has 0 unspecified atom stereocenters. The van der Waals surface area contributed by atoms with E-state index in [9.17, 15) is 13.7 Å². The van der Waals surface area contributed by atoms with Gasteiger partial charge in [-0.1, -0.05) is 29.7 Å². The van der Waals surface area contributed by atoms with Gasteiger partial charge >= 0.3 is 10.3 Å². The monoisotopic (exact) mass is 453 g/mol. The quantitative estimate of drug-likeness (QED) is 0.407. The Labute approximate surface area is 187 Å². The minimum atomic E-state index is -4.14. The van der Waals surface area contributed by atoms with E-state index in [4.69, 9.17) is 13.0 Å². The second-order valence-electron chi connectivity index (χ2n) is 7.43. The van der Waals surface area contributed by atoms with Gasteiger partial charge in [-0.2, -0.15) is 23.9 Å². The van der Waals surface area contributed by atoms with E-state index in [0.29, 0.717) is 12.3 Å². The summed E-state index contributed by atoms with van der Waals surface area (Å²) < 4.78 is 28.6. The van der Waals surface area contributed by atoms with Crippen LogP contribution < -0.4 is 14.8 Å². The van der Waals surface area contributed by atoms with E-state index in [1.165, 1.54) is 24.2 Å². The van der Waals surface area contributed by atoms with E-state index in [0.717, 1.165) is 21.6 Å². The molecule has 0 aliphatic heterocycles. The topological polar surface area (TPSA) is 124 Å². The Morgan fingerprint density at radius 1 is 1.26 bits per heavy atom. The number of thioether (sulfide) groups is 1. The van der Waals surface area contributed by atoms with Gasteiger partial charge in [0.25, 0.3) is 0 Å². The van der Waals surface area contributed by atoms with Crippen LogP contribution in [-0.4, -0.2) is 31.0 Å². The first-order valence-corrected chi connectivity index (χ1v) is 11.6. The van der Waals surface area contributed by atoms with E-state index in [1.54, 1.807) is 23.1 Å². The first-order chi connectivity index (χ1) is 14.6. The maximum absolute atomic E-state index is 11.1. The fourth-order valence-electron chi connectivity index (χ4n) is 2.85. The summed E-state index contributed by atoms with van der Waals surface area (Å²) in [6.45, 7) is 4.30. The molecule has 8 nitrogen and oxygen atoms in total. The first kappa shape index (κ1) is 22.9. The number of hydrogen-bond acceptors (Lipinski definition) is 7. The third-order valence-electron chi connectivity index (χ3n) is 4.46. The molecule has 0 aliphatic carbocycles. The number of hydrogen-bond donors (Lipinski definition) is 1. The van der Waals surface area contributed by atoms with Gasteiger partial charge < -0.3 is 4.18 Å². The number of nitrogens with two attached hydrogens (primary N) is 1. The van der Waals surface area contributed by atoms with Crippen LogP contribution >= 0.6 is 11.8 Å². The van der Waals surface area contributed by atoms with E-state index in [1.807, 2.05) is 26.0 Å². The molecular weight excluding hydrogens is 433 g/mol. The summed E-state index contributed by atoms with van der Waals surface area (Å²) >= 11 is 1.52. The molecule has 0 atom stereocenters. The average Bonchev–Trinajstić information content (AvgIpc) is 3.20. The highest BCUT2D eigenvalue weighted by Crippen LogP contribution is 2.29. The predicted molar refractivity (Wildman–Crippen MR) is 119 cm³/mol. The molecule has 1 aromatic heterocycles. The number of benzene rings is 2. The molecule has 31 heavy (non-hydrogen) atoms. The standard InChI is InChI=1S/C20H20BN5O3S2/c1-20(2,11-22)16-6-14(9-26-13-24-12-25-26)5-15(7-16)10-30-17-3-4-19(18(21)8-17)29-31(23,27)28/h3-8,12-13H,9-10H2,1-2H3,(H2,23,27,28). The van der Waals surface area contributed by atoms with Crippen LogP contribution in [0.5, 0.6) is 5.75 Å². The van der Waals surface area contributed by atoms with Gasteiger partial charge in [0.2, 0.25) is 0 Å². The molecule has 0 saturated carbocycles. The summed E-state index contributed by atoms with van der Waals surface area (Å²) in [4.78, 5) is 4.80. The summed E-state index contributed by atoms with van der Waals surface area (Å²) in [6.07, 6.45) is 3.12. The minimum absolute atomic E-state index is 0.0141. The Morgan fingerprint density at radius 2 is 2.00 bits per heavy atom. The normalized spacial score (nSPS) is 11.8. The Morgan fingerprint density at radius 3 is 2.61 bits per heavy atom. The number of nitrogens with zero attached hydrogens (tertiary/aromatic N) is 4. The molecule has 11 heteroatoms. The summed E-state index contributed by atoms with van der Waals surface area (Å²) in [5.74, 6) is 0.605. The second-order valence-corrected chi connectivity index (χ2v) is 9.63. The highest BCUT2D eigenvalue weighted by molar-refractivity contribution is 7.98. The molecule has 1 heterocycles. The molecule has 2 N–H and O–H groups in total. The van der Waals surface area contributed by atoms with Crippen LogP contribution in [0.2, 0.25) is 0 Å². The van der Waals surface area contributed by atoms with Crippen molar-refractivity contribution in [3.63, 3.8) is 0 Å². The van der Waals surface area contributed by atoms with Gasteiger partial charge in [0, 0.05) is 10.6 Å². The third-order valence-corrected chi connectivity index (χ3v) is 5.93. The summed E-state index contributed by atoms with van der Waals surface area (Å²) in [5.41, 5.74) is 2.49. The SMILES string of the molecule is [B]c1cc(SCc2cc(Cn3cncn3)cc(C(C)(C)C#N)c2)ccc1OS(N)(=O)=O. The molecule has 3 rings (SSSR count). The van der Waals surface area contributed by atoms with Crippen molar-refractivity contribution in [2.24, 2.45) is 5.14 Å². The van der Waals surface area contributed by atoms with Gasteiger partial charge in [0.1, 0.15) is 26.3 Å². The summed E-state index contributed by atoms with van der Waals surface area (Å²) in [5, 5.41) is 18.6. The minimum Gasteiger partial charge on any atom is -0.372 e. The van der Waals surface area contributed by atoms with Crippen LogP contribution in [0.25, 0.3) is 0 Å². The fourth-order valence-corrected chi connectivity index (χ4v) is 4.12. The van der Waals surface area contributed by atoms with Crippen molar-refractivity contribution in [2.45, 2.75) is 36.5 Å². The molecule has 2 radical (unpaired) electrons. The highest BCUT2D eigenvalue weighted by atomic mass is 32.2. The largest absolute Gasteiger partial charge is 0.380 e. The number of nitriles is 1. The lowest BCUT2D eigenvalue weighted by atomic mass is 9.84. The average molecular weight is 453 g/mol. The molecule has 158 valence electrons. The smallest absolute Gasteiger partial charge is 0.372 e. The molecule has 0 saturated heterocycles. The van der Waals surface area contributed by atoms with Gasteiger partial charge in [-0.05, 0) is 42.7 Å². The predicted octanol–water partition coefficient (Wildman–Crippen LogP) is 1.80. The Hall–Kier alpha value is -2.81. The zero-order chi connectivity index (χ0) is 22.6. The van der Waals surface area contributed by atoms with E-state index >= 15 is 0 Å². The van der Waals surface area contributed by atoms with Crippen LogP contribution in [0.3, 0.4) is 0 Å². The fraction of sp³-hybridized carbons (Fsp3) is 0.250. The zero-order valence-corrected chi connectivity index (χ0v) is 18.7. The maximum atomic E-state index is 11.1. The molecule has 0 fully saturated rings. The number of aromatic nitrogens is 3. The molecule has 2 aromatic carbocycles. The number of rotatable bonds is 8. The van der Waals surface area contributed by atoms with E-state index < -0.39 is 15.7 Å². The summed E-state index contributed by atoms with van der Waals surface area (Å²) in [7, 11) is 1.75. The van der Waals surface area contributed by atoms with Crippen molar-refractivity contribution in [2.75, 3.05) is 0 Å². The molecule has 0 bridgehead atoms. The van der Waals surface area contributed by atoms with Crippen LogP contribution in [0, 0.1) is 11.3 Å². The van der Waals surface area contributed by atoms with Gasteiger partial charge in [-0.25, -0.2) is 9.67 Å². The van der Waals surface area contributed by atoms with E-state index in [2.05, 4.69) is 26.4 Å². The summed E-state index contributed by atoms with van der Waals surface area (Å²) in [6, 6.07) is 13.2. The van der Waals surface area contributed by atoms with E-state index in [-0.39, 0.29) is 11.2 Å². The van der Waals surface area contributed by atoms with Crippen molar-refractivity contribution in [3.8, 4) is 11.8 Å². The van der Waals surface area contributed by atoms with Gasteiger partial charge in [-0.3, -0.25) is 0 Å². The lowest BCUT2D eigenvalue weighted by Gasteiger charge is -2.19. The highest BCUT2D eigenvalue weighted by Gasteiger charge is 2.21. The molecule has 3 aromatic rings. The first-order valence-electron chi connectivity index (χ1n) is 9.17. The van der Waals surface area contributed by atoms with Crippen molar-refractivity contribution in [3.05, 3.63) is 65.7 Å². The van der Waals surface area contributed by atoms with Gasteiger partial charge in [0.05, 0.1) is 18.0 Å². The molecule has 0 aliphatic rings. The Kier molecular flexibility index (Phi) is 6.74. The van der Waals surface area contributed by atoms with Gasteiger partial charge in [0.15, 0.2) is 0 Å². The Balaban J connectivity index is 1.82. The third kappa shape index (κ3) is 6.34. The second kappa shape index (κ2) is 9.14. The van der Waals surface area contributed by atoms with Crippen LogP contribution in [0.4, 0.5) is 0 Å². The van der Waals surface area contributed by atoms with Crippen molar-refractivity contribution in [1.29, 1.82) is 5.26 Å². The van der Waals surface area contributed by atoms with Crippen LogP contribution in [0.1, 0.15) is 30.5 Å². The van der Waals surface area contributed by atoms with Crippen molar-refractivity contribution in [1.82, 2.24) is 14.8 Å². The lowest BCUT2D eigenvalue weighted by molar-refractivity contribution is 0.489. The van der Waals surface area contributed by atoms with Crippen LogP contribution in [0.15, 0.2) is 53.9 Å². The van der Waals surface area contributed by atoms with Crippen molar-refractivity contribution < 1.29 is 12.6 Å². The maximum Gasteiger partial charge on any atom is 0.380 e. The lowest BCUT2D eigenvalue weighted by Crippen LogP contribution is -2.22. The van der Waals surface area contributed by atoms with Gasteiger partial charge in [-0.15, -0.1) is 11.8 Å². The molecule has 0 spiro atoms. The van der Waals surface area contributed by atoms with Crippen molar-refractivity contribution >= 4 is 35.4 Å².